The molecule has 1 atom stereocenters. The van der Waals surface area contributed by atoms with Crippen LogP contribution in [0.3, 0.4) is 0 Å². The number of aliphatic hydroxyl groups is 1. The van der Waals surface area contributed by atoms with Gasteiger partial charge >= 0.3 is 6.18 Å². The molecule has 0 saturated carbocycles. The van der Waals surface area contributed by atoms with Crippen LogP contribution in [0, 0.1) is 0 Å². The molecule has 1 N–H and O–H groups in total. The van der Waals surface area contributed by atoms with E-state index in [4.69, 9.17) is 0 Å². The van der Waals surface area contributed by atoms with Crippen LogP contribution < -0.4 is 0 Å². The molecule has 1 nitrogen and oxygen atoms in total. The predicted molar refractivity (Wildman–Crippen MR) is 69.6 cm³/mol. The van der Waals surface area contributed by atoms with E-state index in [2.05, 4.69) is 6.58 Å². The van der Waals surface area contributed by atoms with Gasteiger partial charge in [-0.2, -0.15) is 13.2 Å². The van der Waals surface area contributed by atoms with E-state index < -0.39 is 17.8 Å². The Bertz CT molecular complexity index is 469. The molecule has 0 aliphatic carbocycles. The first kappa shape index (κ1) is 15.5. The van der Waals surface area contributed by atoms with Crippen LogP contribution in [0.15, 0.2) is 48.1 Å². The summed E-state index contributed by atoms with van der Waals surface area (Å²) in [6, 6.07) is 4.56. The van der Waals surface area contributed by atoms with Crippen LogP contribution in [0.4, 0.5) is 13.2 Å². The number of halogens is 3. The highest BCUT2D eigenvalue weighted by atomic mass is 19.4. The first-order valence-electron chi connectivity index (χ1n) is 5.97. The van der Waals surface area contributed by atoms with Crippen LogP contribution in [0.1, 0.15) is 37.5 Å². The van der Waals surface area contributed by atoms with Gasteiger partial charge in [0.2, 0.25) is 0 Å². The van der Waals surface area contributed by atoms with Crippen LogP contribution in [0.25, 0.3) is 0 Å². The highest BCUT2D eigenvalue weighted by molar-refractivity contribution is 5.32. The number of hydrogen-bond acceptors (Lipinski definition) is 1. The van der Waals surface area contributed by atoms with Crippen molar-refractivity contribution in [1.29, 1.82) is 0 Å². The van der Waals surface area contributed by atoms with Gasteiger partial charge in [0.1, 0.15) is 6.10 Å². The van der Waals surface area contributed by atoms with E-state index in [9.17, 15) is 18.3 Å². The summed E-state index contributed by atoms with van der Waals surface area (Å²) in [4.78, 5) is 0. The summed E-state index contributed by atoms with van der Waals surface area (Å²) >= 11 is 0. The molecule has 0 aliphatic heterocycles. The molecule has 0 unspecified atom stereocenters. The largest absolute Gasteiger partial charge is 0.416 e. The van der Waals surface area contributed by atoms with Gasteiger partial charge in [0.25, 0.3) is 0 Å². The second-order valence-corrected chi connectivity index (χ2v) is 4.44. The third kappa shape index (κ3) is 4.24. The predicted octanol–water partition coefficient (Wildman–Crippen LogP) is 4.65. The molecule has 0 radical (unpaired) electrons. The van der Waals surface area contributed by atoms with E-state index in [1.165, 1.54) is 12.1 Å². The summed E-state index contributed by atoms with van der Waals surface area (Å²) < 4.78 is 37.3. The Morgan fingerprint density at radius 3 is 2.21 bits per heavy atom. The van der Waals surface area contributed by atoms with Crippen molar-refractivity contribution < 1.29 is 18.3 Å². The number of allylic oxidation sites excluding steroid dienone is 2. The lowest BCUT2D eigenvalue weighted by atomic mass is 9.97. The molecule has 0 aliphatic rings. The Kier molecular flexibility index (Phi) is 4.95. The molecule has 4 heteroatoms. The highest BCUT2D eigenvalue weighted by Gasteiger charge is 2.30. The van der Waals surface area contributed by atoms with Gasteiger partial charge in [-0.05, 0) is 36.6 Å². The number of alkyl halides is 3. The minimum atomic E-state index is -4.36. The molecular weight excluding hydrogens is 253 g/mol. The van der Waals surface area contributed by atoms with Crippen molar-refractivity contribution in [1.82, 2.24) is 0 Å². The molecule has 1 rings (SSSR count). The molecule has 0 aromatic heterocycles. The van der Waals surface area contributed by atoms with E-state index in [0.717, 1.165) is 23.3 Å². The first-order chi connectivity index (χ1) is 8.75. The lowest BCUT2D eigenvalue weighted by Gasteiger charge is -2.15. The summed E-state index contributed by atoms with van der Waals surface area (Å²) in [6.07, 6.45) is -2.90. The van der Waals surface area contributed by atoms with Crippen molar-refractivity contribution in [2.24, 2.45) is 0 Å². The molecule has 1 aromatic carbocycles. The Balaban J connectivity index is 3.01. The minimum absolute atomic E-state index is 0.447. The van der Waals surface area contributed by atoms with Gasteiger partial charge in [0, 0.05) is 0 Å². The molecule has 0 bridgehead atoms. The van der Waals surface area contributed by atoms with Crippen molar-refractivity contribution in [3.8, 4) is 0 Å². The Morgan fingerprint density at radius 2 is 1.84 bits per heavy atom. The van der Waals surface area contributed by atoms with Gasteiger partial charge < -0.3 is 5.11 Å². The maximum atomic E-state index is 12.4. The third-order valence-electron chi connectivity index (χ3n) is 2.75. The van der Waals surface area contributed by atoms with Gasteiger partial charge in [-0.25, -0.2) is 0 Å². The Hall–Kier alpha value is -1.55. The fourth-order valence-corrected chi connectivity index (χ4v) is 1.76. The normalized spacial score (nSPS) is 14.3. The van der Waals surface area contributed by atoms with E-state index in [1.54, 1.807) is 13.0 Å². The summed E-state index contributed by atoms with van der Waals surface area (Å²) in [5.41, 5.74) is 1.25. The van der Waals surface area contributed by atoms with Crippen LogP contribution in [-0.2, 0) is 6.18 Å². The summed E-state index contributed by atoms with van der Waals surface area (Å²) in [6.45, 7) is 7.41. The topological polar surface area (TPSA) is 20.2 Å². The standard InChI is InChI=1S/C15H17F3O/c1-4-11(9-10(2)3)14(19)12-5-7-13(8-6-12)15(16,17)18/h5-9,14,19H,2,4H2,1,3H3/b11-9+/t14-/m0/s1. The second-order valence-electron chi connectivity index (χ2n) is 4.44. The number of hydrogen-bond donors (Lipinski definition) is 1. The van der Waals surface area contributed by atoms with E-state index in [0.29, 0.717) is 12.0 Å². The maximum Gasteiger partial charge on any atom is 0.416 e. The minimum Gasteiger partial charge on any atom is -0.384 e. The molecule has 1 aromatic rings. The fraction of sp³-hybridized carbons (Fsp3) is 0.333. The quantitative estimate of drug-likeness (QED) is 0.789. The van der Waals surface area contributed by atoms with E-state index in [-0.39, 0.29) is 0 Å². The monoisotopic (exact) mass is 270 g/mol. The molecule has 0 saturated heterocycles. The van der Waals surface area contributed by atoms with Crippen molar-refractivity contribution >= 4 is 0 Å². The van der Waals surface area contributed by atoms with Crippen molar-refractivity contribution in [3.05, 3.63) is 59.2 Å². The lowest BCUT2D eigenvalue weighted by molar-refractivity contribution is -0.137. The average molecular weight is 270 g/mol. The van der Waals surface area contributed by atoms with Gasteiger partial charge in [-0.1, -0.05) is 37.3 Å². The summed E-state index contributed by atoms with van der Waals surface area (Å²) in [7, 11) is 0. The molecule has 0 fully saturated rings. The smallest absolute Gasteiger partial charge is 0.384 e. The van der Waals surface area contributed by atoms with Crippen LogP contribution in [0.2, 0.25) is 0 Å². The summed E-state index contributed by atoms with van der Waals surface area (Å²) in [5.74, 6) is 0. The van der Waals surface area contributed by atoms with Crippen LogP contribution >= 0.6 is 0 Å². The fourth-order valence-electron chi connectivity index (χ4n) is 1.76. The number of aliphatic hydroxyl groups excluding tert-OH is 1. The maximum absolute atomic E-state index is 12.4. The number of rotatable bonds is 4. The van der Waals surface area contributed by atoms with Crippen molar-refractivity contribution in [3.63, 3.8) is 0 Å². The SMILES string of the molecule is C=C(C)/C=C(\CC)[C@H](O)c1ccc(C(F)(F)F)cc1. The van der Waals surface area contributed by atoms with Crippen LogP contribution in [0.5, 0.6) is 0 Å². The number of benzene rings is 1. The molecule has 0 amide bonds. The zero-order valence-electron chi connectivity index (χ0n) is 11.0. The van der Waals surface area contributed by atoms with Gasteiger partial charge in [-0.15, -0.1) is 0 Å². The Morgan fingerprint density at radius 1 is 1.32 bits per heavy atom. The van der Waals surface area contributed by atoms with Gasteiger partial charge in [-0.3, -0.25) is 0 Å². The first-order valence-corrected chi connectivity index (χ1v) is 5.97. The second kappa shape index (κ2) is 6.06. The molecule has 104 valence electrons. The Labute approximate surface area is 111 Å². The zero-order valence-corrected chi connectivity index (χ0v) is 11.0. The molecule has 19 heavy (non-hydrogen) atoms. The highest BCUT2D eigenvalue weighted by Crippen LogP contribution is 2.31. The van der Waals surface area contributed by atoms with Gasteiger partial charge in [0.15, 0.2) is 0 Å². The van der Waals surface area contributed by atoms with Crippen LogP contribution in [-0.4, -0.2) is 5.11 Å². The van der Waals surface area contributed by atoms with E-state index >= 15 is 0 Å². The average Bonchev–Trinajstić information content (AvgIpc) is 2.34. The lowest BCUT2D eigenvalue weighted by Crippen LogP contribution is -2.06. The zero-order chi connectivity index (χ0) is 14.6. The molecular formula is C15H17F3O. The third-order valence-corrected chi connectivity index (χ3v) is 2.75. The van der Waals surface area contributed by atoms with Gasteiger partial charge in [0.05, 0.1) is 5.56 Å². The molecule has 0 heterocycles. The summed E-state index contributed by atoms with van der Waals surface area (Å²) in [5, 5.41) is 10.1. The molecule has 0 spiro atoms. The van der Waals surface area contributed by atoms with Crippen molar-refractivity contribution in [2.45, 2.75) is 32.5 Å². The van der Waals surface area contributed by atoms with Crippen molar-refractivity contribution in [2.75, 3.05) is 0 Å². The van der Waals surface area contributed by atoms with E-state index in [1.807, 2.05) is 6.92 Å².